The average molecular weight is 241 g/mol. The molecule has 18 heavy (non-hydrogen) atoms. The Labute approximate surface area is 108 Å². The molecular weight excluding hydrogens is 222 g/mol. The molecule has 1 unspecified atom stereocenters. The predicted octanol–water partition coefficient (Wildman–Crippen LogP) is 3.59. The Morgan fingerprint density at radius 1 is 1.00 bits per heavy atom. The molecule has 2 aromatic carbocycles. The highest BCUT2D eigenvalue weighted by Gasteiger charge is 2.05. The van der Waals surface area contributed by atoms with E-state index in [9.17, 15) is 0 Å². The number of anilines is 1. The summed E-state index contributed by atoms with van der Waals surface area (Å²) < 4.78 is 5.83. The fourth-order valence-electron chi connectivity index (χ4n) is 1.86. The summed E-state index contributed by atoms with van der Waals surface area (Å²) in [6, 6.07) is 18.2. The molecule has 0 bridgehead atoms. The van der Waals surface area contributed by atoms with Gasteiger partial charge in [-0.05, 0) is 36.6 Å². The van der Waals surface area contributed by atoms with E-state index in [0.717, 1.165) is 24.3 Å². The number of nitrogen functional groups attached to an aromatic ring is 1. The van der Waals surface area contributed by atoms with E-state index in [1.54, 1.807) is 0 Å². The first-order valence-corrected chi connectivity index (χ1v) is 6.26. The predicted molar refractivity (Wildman–Crippen MR) is 75.4 cm³/mol. The van der Waals surface area contributed by atoms with Crippen LogP contribution < -0.4 is 5.73 Å². The minimum Gasteiger partial charge on any atom is -0.399 e. The van der Waals surface area contributed by atoms with Crippen molar-refractivity contribution in [2.24, 2.45) is 0 Å². The standard InChI is InChI=1S/C16H19NO/c1-13(15-7-9-16(17)10-8-15)18-12-11-14-5-3-2-4-6-14/h2-10,13H,11-12,17H2,1H3. The monoisotopic (exact) mass is 241 g/mol. The van der Waals surface area contributed by atoms with Crippen molar-refractivity contribution in [3.05, 3.63) is 65.7 Å². The number of rotatable bonds is 5. The third kappa shape index (κ3) is 3.60. The molecule has 2 heteroatoms. The molecule has 0 spiro atoms. The Kier molecular flexibility index (Phi) is 4.37. The van der Waals surface area contributed by atoms with E-state index >= 15 is 0 Å². The zero-order valence-electron chi connectivity index (χ0n) is 10.7. The maximum Gasteiger partial charge on any atom is 0.0796 e. The third-order valence-corrected chi connectivity index (χ3v) is 3.01. The van der Waals surface area contributed by atoms with Crippen LogP contribution in [0.4, 0.5) is 5.69 Å². The Bertz CT molecular complexity index is 464. The molecular formula is C16H19NO. The third-order valence-electron chi connectivity index (χ3n) is 3.01. The van der Waals surface area contributed by atoms with E-state index in [1.807, 2.05) is 30.3 Å². The first-order valence-electron chi connectivity index (χ1n) is 6.26. The van der Waals surface area contributed by atoms with Crippen LogP contribution in [0.25, 0.3) is 0 Å². The highest BCUT2D eigenvalue weighted by atomic mass is 16.5. The summed E-state index contributed by atoms with van der Waals surface area (Å²) in [5, 5.41) is 0. The van der Waals surface area contributed by atoms with Crippen molar-refractivity contribution in [3.8, 4) is 0 Å². The van der Waals surface area contributed by atoms with Crippen molar-refractivity contribution in [2.75, 3.05) is 12.3 Å². The lowest BCUT2D eigenvalue weighted by Crippen LogP contribution is -2.04. The zero-order chi connectivity index (χ0) is 12.8. The van der Waals surface area contributed by atoms with Gasteiger partial charge in [0, 0.05) is 5.69 Å². The van der Waals surface area contributed by atoms with E-state index in [0.29, 0.717) is 0 Å². The highest BCUT2D eigenvalue weighted by molar-refractivity contribution is 5.39. The lowest BCUT2D eigenvalue weighted by Gasteiger charge is -2.13. The summed E-state index contributed by atoms with van der Waals surface area (Å²) in [7, 11) is 0. The summed E-state index contributed by atoms with van der Waals surface area (Å²) in [5.41, 5.74) is 8.92. The van der Waals surface area contributed by atoms with Crippen LogP contribution in [0.1, 0.15) is 24.2 Å². The summed E-state index contributed by atoms with van der Waals surface area (Å²) in [4.78, 5) is 0. The lowest BCUT2D eigenvalue weighted by molar-refractivity contribution is 0.0681. The summed E-state index contributed by atoms with van der Waals surface area (Å²) >= 11 is 0. The largest absolute Gasteiger partial charge is 0.399 e. The minimum atomic E-state index is 0.106. The topological polar surface area (TPSA) is 35.2 Å². The molecule has 0 saturated carbocycles. The molecule has 2 aromatic rings. The molecule has 0 aromatic heterocycles. The van der Waals surface area contributed by atoms with Gasteiger partial charge in [0.2, 0.25) is 0 Å². The van der Waals surface area contributed by atoms with Gasteiger partial charge >= 0.3 is 0 Å². The van der Waals surface area contributed by atoms with E-state index in [-0.39, 0.29) is 6.10 Å². The molecule has 0 radical (unpaired) electrons. The van der Waals surface area contributed by atoms with Gasteiger partial charge in [-0.2, -0.15) is 0 Å². The zero-order valence-corrected chi connectivity index (χ0v) is 10.7. The average Bonchev–Trinajstić information content (AvgIpc) is 2.40. The van der Waals surface area contributed by atoms with Crippen LogP contribution in [0.3, 0.4) is 0 Å². The van der Waals surface area contributed by atoms with E-state index < -0.39 is 0 Å². The molecule has 0 aliphatic heterocycles. The van der Waals surface area contributed by atoms with Crippen LogP contribution in [-0.4, -0.2) is 6.61 Å². The van der Waals surface area contributed by atoms with Gasteiger partial charge in [-0.15, -0.1) is 0 Å². The summed E-state index contributed by atoms with van der Waals surface area (Å²) in [6.45, 7) is 2.80. The van der Waals surface area contributed by atoms with Crippen LogP contribution >= 0.6 is 0 Å². The van der Waals surface area contributed by atoms with Crippen LogP contribution in [-0.2, 0) is 11.2 Å². The molecule has 1 atom stereocenters. The molecule has 0 heterocycles. The van der Waals surface area contributed by atoms with Gasteiger partial charge < -0.3 is 10.5 Å². The Balaban J connectivity index is 1.81. The summed E-state index contributed by atoms with van der Waals surface area (Å²) in [5.74, 6) is 0. The molecule has 2 rings (SSSR count). The molecule has 0 fully saturated rings. The number of hydrogen-bond acceptors (Lipinski definition) is 2. The second-order valence-electron chi connectivity index (χ2n) is 4.42. The van der Waals surface area contributed by atoms with Crippen molar-refractivity contribution in [1.82, 2.24) is 0 Å². The molecule has 0 aliphatic rings. The van der Waals surface area contributed by atoms with Crippen LogP contribution in [0, 0.1) is 0 Å². The minimum absolute atomic E-state index is 0.106. The van der Waals surface area contributed by atoms with E-state index in [2.05, 4.69) is 31.2 Å². The first-order chi connectivity index (χ1) is 8.75. The number of hydrogen-bond donors (Lipinski definition) is 1. The highest BCUT2D eigenvalue weighted by Crippen LogP contribution is 2.18. The molecule has 2 nitrogen and oxygen atoms in total. The Morgan fingerprint density at radius 3 is 2.33 bits per heavy atom. The van der Waals surface area contributed by atoms with Gasteiger partial charge in [-0.1, -0.05) is 42.5 Å². The number of ether oxygens (including phenoxy) is 1. The van der Waals surface area contributed by atoms with Gasteiger partial charge in [-0.3, -0.25) is 0 Å². The van der Waals surface area contributed by atoms with Crippen molar-refractivity contribution < 1.29 is 4.74 Å². The van der Waals surface area contributed by atoms with E-state index in [1.165, 1.54) is 5.56 Å². The van der Waals surface area contributed by atoms with Crippen LogP contribution in [0.5, 0.6) is 0 Å². The Hall–Kier alpha value is -1.80. The maximum atomic E-state index is 5.83. The molecule has 94 valence electrons. The Morgan fingerprint density at radius 2 is 1.67 bits per heavy atom. The molecule has 0 aliphatic carbocycles. The SMILES string of the molecule is CC(OCCc1ccccc1)c1ccc(N)cc1. The summed E-state index contributed by atoms with van der Waals surface area (Å²) in [6.07, 6.45) is 1.05. The second-order valence-corrected chi connectivity index (χ2v) is 4.42. The fourth-order valence-corrected chi connectivity index (χ4v) is 1.86. The quantitative estimate of drug-likeness (QED) is 0.812. The van der Waals surface area contributed by atoms with Crippen molar-refractivity contribution >= 4 is 5.69 Å². The number of nitrogens with two attached hydrogens (primary N) is 1. The van der Waals surface area contributed by atoms with Crippen LogP contribution in [0.2, 0.25) is 0 Å². The molecule has 0 saturated heterocycles. The van der Waals surface area contributed by atoms with Crippen molar-refractivity contribution in [2.45, 2.75) is 19.4 Å². The van der Waals surface area contributed by atoms with Gasteiger partial charge in [0.15, 0.2) is 0 Å². The molecule has 2 N–H and O–H groups in total. The lowest BCUT2D eigenvalue weighted by atomic mass is 10.1. The number of benzene rings is 2. The maximum absolute atomic E-state index is 5.83. The smallest absolute Gasteiger partial charge is 0.0796 e. The van der Waals surface area contributed by atoms with Crippen LogP contribution in [0.15, 0.2) is 54.6 Å². The van der Waals surface area contributed by atoms with Gasteiger partial charge in [0.25, 0.3) is 0 Å². The fraction of sp³-hybridized carbons (Fsp3) is 0.250. The second kappa shape index (κ2) is 6.22. The van der Waals surface area contributed by atoms with E-state index in [4.69, 9.17) is 10.5 Å². The van der Waals surface area contributed by atoms with Gasteiger partial charge in [0.1, 0.15) is 0 Å². The normalized spacial score (nSPS) is 12.3. The first kappa shape index (κ1) is 12.7. The van der Waals surface area contributed by atoms with Crippen molar-refractivity contribution in [1.29, 1.82) is 0 Å². The van der Waals surface area contributed by atoms with Gasteiger partial charge in [0.05, 0.1) is 12.7 Å². The van der Waals surface area contributed by atoms with Crippen molar-refractivity contribution in [3.63, 3.8) is 0 Å². The van der Waals surface area contributed by atoms with Gasteiger partial charge in [-0.25, -0.2) is 0 Å². The molecule has 0 amide bonds.